The first-order valence-corrected chi connectivity index (χ1v) is 9.35. The third-order valence-corrected chi connectivity index (χ3v) is 4.76. The van der Waals surface area contributed by atoms with E-state index < -0.39 is 37.3 Å². The van der Waals surface area contributed by atoms with Crippen LogP contribution in [-0.4, -0.2) is 56.4 Å². The highest BCUT2D eigenvalue weighted by Crippen LogP contribution is 2.43. The van der Waals surface area contributed by atoms with Crippen LogP contribution >= 0.6 is 0 Å². The van der Waals surface area contributed by atoms with Gasteiger partial charge in [0.2, 0.25) is 0 Å². The Bertz CT molecular complexity index is 649. The van der Waals surface area contributed by atoms with Gasteiger partial charge in [-0.25, -0.2) is 4.79 Å². The predicted octanol–water partition coefficient (Wildman–Crippen LogP) is 2.24. The Morgan fingerprint density at radius 1 is 0.966 bits per heavy atom. The van der Waals surface area contributed by atoms with Crippen molar-refractivity contribution in [3.63, 3.8) is 0 Å². The molecule has 1 rings (SSSR count). The van der Waals surface area contributed by atoms with Crippen LogP contribution in [0.2, 0.25) is 0 Å². The van der Waals surface area contributed by atoms with Crippen molar-refractivity contribution in [1.82, 2.24) is 0 Å². The highest BCUT2D eigenvalue weighted by molar-refractivity contribution is 5.78. The molecule has 0 amide bonds. The number of carboxylic acid groups (broad SMARTS) is 1. The molecule has 0 fully saturated rings. The van der Waals surface area contributed by atoms with Gasteiger partial charge in [-0.05, 0) is 39.7 Å². The zero-order valence-electron chi connectivity index (χ0n) is 18.2. The molecule has 1 aromatic rings. The zero-order valence-corrected chi connectivity index (χ0v) is 18.2. The number of hydrogen-bond acceptors (Lipinski definition) is 6. The van der Waals surface area contributed by atoms with E-state index in [1.807, 2.05) is 41.5 Å². The third kappa shape index (κ3) is 6.82. The van der Waals surface area contributed by atoms with E-state index in [0.29, 0.717) is 16.7 Å². The van der Waals surface area contributed by atoms with Gasteiger partial charge >= 0.3 is 5.97 Å². The molecular weight excluding hydrogens is 376 g/mol. The first-order chi connectivity index (χ1) is 13.1. The number of phenols is 1. The average Bonchev–Trinajstić information content (AvgIpc) is 2.62. The Morgan fingerprint density at radius 2 is 1.28 bits per heavy atom. The van der Waals surface area contributed by atoms with Gasteiger partial charge in [-0.15, -0.1) is 0 Å². The average molecular weight is 413 g/mol. The minimum absolute atomic E-state index is 0.188. The van der Waals surface area contributed by atoms with Crippen LogP contribution in [0.15, 0.2) is 24.8 Å². The molecule has 0 heterocycles. The van der Waals surface area contributed by atoms with E-state index in [-0.39, 0.29) is 16.6 Å². The van der Waals surface area contributed by atoms with Crippen LogP contribution in [0.25, 0.3) is 0 Å². The number of aliphatic hydroxyl groups is 4. The molecule has 29 heavy (non-hydrogen) atoms. The molecule has 1 aromatic carbocycles. The van der Waals surface area contributed by atoms with E-state index in [1.165, 1.54) is 0 Å². The number of aromatic hydroxyl groups is 1. The second-order valence-corrected chi connectivity index (χ2v) is 9.25. The van der Waals surface area contributed by atoms with Crippen molar-refractivity contribution in [1.29, 1.82) is 0 Å². The Hall–Kier alpha value is -1.93. The highest BCUT2D eigenvalue weighted by atomic mass is 16.4. The number of aliphatic carboxylic acids is 1. The Morgan fingerprint density at radius 3 is 1.48 bits per heavy atom. The number of benzene rings is 1. The largest absolute Gasteiger partial charge is 0.507 e. The van der Waals surface area contributed by atoms with Crippen LogP contribution in [-0.2, 0) is 15.6 Å². The van der Waals surface area contributed by atoms with Crippen LogP contribution in [0, 0.1) is 5.41 Å². The quantitative estimate of drug-likeness (QED) is 0.394. The molecule has 166 valence electrons. The highest BCUT2D eigenvalue weighted by Gasteiger charge is 2.39. The van der Waals surface area contributed by atoms with E-state index in [1.54, 1.807) is 12.1 Å². The molecule has 6 N–H and O–H groups in total. The number of aliphatic hydroxyl groups excluding tert-OH is 4. The number of carboxylic acids is 1. The first kappa shape index (κ1) is 27.1. The monoisotopic (exact) mass is 412 g/mol. The molecule has 7 heteroatoms. The summed E-state index contributed by atoms with van der Waals surface area (Å²) in [5, 5.41) is 57.8. The van der Waals surface area contributed by atoms with Gasteiger partial charge in [0.05, 0.1) is 31.3 Å². The van der Waals surface area contributed by atoms with Gasteiger partial charge in [0.25, 0.3) is 0 Å². The van der Waals surface area contributed by atoms with Gasteiger partial charge in [-0.1, -0.05) is 48.1 Å². The van der Waals surface area contributed by atoms with Gasteiger partial charge in [0.15, 0.2) is 0 Å². The van der Waals surface area contributed by atoms with Crippen LogP contribution in [0.1, 0.15) is 64.3 Å². The van der Waals surface area contributed by atoms with Crippen molar-refractivity contribution < 1.29 is 35.4 Å². The van der Waals surface area contributed by atoms with Crippen LogP contribution in [0.5, 0.6) is 5.75 Å². The van der Waals surface area contributed by atoms with Gasteiger partial charge in [-0.2, -0.15) is 0 Å². The summed E-state index contributed by atoms with van der Waals surface area (Å²) in [7, 11) is 0. The summed E-state index contributed by atoms with van der Waals surface area (Å²) >= 11 is 0. The van der Waals surface area contributed by atoms with Crippen molar-refractivity contribution >= 4 is 5.97 Å². The van der Waals surface area contributed by atoms with Crippen LogP contribution in [0.3, 0.4) is 0 Å². The number of hydrogen-bond donors (Lipinski definition) is 6. The lowest BCUT2D eigenvalue weighted by Crippen LogP contribution is -2.40. The molecule has 1 unspecified atom stereocenters. The molecule has 0 saturated carbocycles. The molecule has 0 radical (unpaired) electrons. The Balaban J connectivity index is 0.00000139. The standard InChI is InChI=1S/C19H32O5.C3H4O2/c1-17(2,3)13-7-12(8-14(15(13)23)18(4,5)6)16(24)19(9-20,10-21)11-22;1-2-3(4)5/h7-8,16,20-24H,9-11H2,1-6H3;2H,1H2,(H,4,5). The Kier molecular flexibility index (Phi) is 9.53. The van der Waals surface area contributed by atoms with E-state index >= 15 is 0 Å². The molecule has 1 atom stereocenters. The third-order valence-electron chi connectivity index (χ3n) is 4.76. The predicted molar refractivity (Wildman–Crippen MR) is 112 cm³/mol. The topological polar surface area (TPSA) is 138 Å². The lowest BCUT2D eigenvalue weighted by atomic mass is 9.74. The molecule has 0 saturated heterocycles. The SMILES string of the molecule is C=CC(=O)O.CC(C)(C)c1cc(C(O)C(CO)(CO)CO)cc(C(C)(C)C)c1O. The fraction of sp³-hybridized carbons (Fsp3) is 0.591. The van der Waals surface area contributed by atoms with Gasteiger partial charge < -0.3 is 30.6 Å². The van der Waals surface area contributed by atoms with Crippen LogP contribution < -0.4 is 0 Å². The first-order valence-electron chi connectivity index (χ1n) is 9.35. The van der Waals surface area contributed by atoms with Crippen molar-refractivity contribution in [3.8, 4) is 5.75 Å². The van der Waals surface area contributed by atoms with E-state index in [4.69, 9.17) is 5.11 Å². The maximum Gasteiger partial charge on any atom is 0.327 e. The van der Waals surface area contributed by atoms with Crippen molar-refractivity contribution in [3.05, 3.63) is 41.5 Å². The van der Waals surface area contributed by atoms with Gasteiger partial charge in [0, 0.05) is 6.08 Å². The normalized spacial score (nSPS) is 13.3. The summed E-state index contributed by atoms with van der Waals surface area (Å²) in [6.07, 6.45) is -0.430. The zero-order chi connectivity index (χ0) is 23.2. The van der Waals surface area contributed by atoms with Gasteiger partial charge in [-0.3, -0.25) is 0 Å². The van der Waals surface area contributed by atoms with Crippen LogP contribution in [0.4, 0.5) is 0 Å². The fourth-order valence-electron chi connectivity index (χ4n) is 2.72. The van der Waals surface area contributed by atoms with Gasteiger partial charge in [0.1, 0.15) is 5.75 Å². The van der Waals surface area contributed by atoms with E-state index in [2.05, 4.69) is 6.58 Å². The molecule has 0 aromatic heterocycles. The summed E-state index contributed by atoms with van der Waals surface area (Å²) < 4.78 is 0. The smallest absolute Gasteiger partial charge is 0.327 e. The number of phenolic OH excluding ortho intramolecular Hbond substituents is 1. The summed E-state index contributed by atoms with van der Waals surface area (Å²) in [5.74, 6) is -0.793. The molecule has 0 aliphatic rings. The second kappa shape index (κ2) is 10.2. The maximum atomic E-state index is 10.7. The van der Waals surface area contributed by atoms with E-state index in [0.717, 1.165) is 6.08 Å². The molecule has 0 bridgehead atoms. The number of rotatable bonds is 6. The minimum Gasteiger partial charge on any atom is -0.507 e. The minimum atomic E-state index is -1.44. The Labute approximate surface area is 173 Å². The van der Waals surface area contributed by atoms with Crippen molar-refractivity contribution in [2.24, 2.45) is 5.41 Å². The summed E-state index contributed by atoms with van der Waals surface area (Å²) in [6, 6.07) is 3.37. The fourth-order valence-corrected chi connectivity index (χ4v) is 2.72. The van der Waals surface area contributed by atoms with E-state index in [9.17, 15) is 30.3 Å². The molecule has 0 aliphatic heterocycles. The number of carbonyl (C=O) groups is 1. The second-order valence-electron chi connectivity index (χ2n) is 9.25. The van der Waals surface area contributed by atoms with Crippen molar-refractivity contribution in [2.45, 2.75) is 58.5 Å². The van der Waals surface area contributed by atoms with Crippen molar-refractivity contribution in [2.75, 3.05) is 19.8 Å². The molecule has 0 spiro atoms. The summed E-state index contributed by atoms with van der Waals surface area (Å²) in [4.78, 5) is 9.25. The summed E-state index contributed by atoms with van der Waals surface area (Å²) in [6.45, 7) is 13.0. The molecular formula is C22H36O7. The summed E-state index contributed by atoms with van der Waals surface area (Å²) in [5.41, 5.74) is -0.361. The lowest BCUT2D eigenvalue weighted by Gasteiger charge is -2.35. The molecule has 0 aliphatic carbocycles. The lowest BCUT2D eigenvalue weighted by molar-refractivity contribution is -0.131. The molecule has 7 nitrogen and oxygen atoms in total. The maximum absolute atomic E-state index is 10.7.